The zero-order valence-electron chi connectivity index (χ0n) is 25.9. The summed E-state index contributed by atoms with van der Waals surface area (Å²) in [7, 11) is 2.51. The molecule has 244 valence electrons. The van der Waals surface area contributed by atoms with E-state index in [9.17, 15) is 28.0 Å². The van der Waals surface area contributed by atoms with E-state index in [1.165, 1.54) is 37.6 Å². The molecule has 1 aliphatic rings. The fourth-order valence-electron chi connectivity index (χ4n) is 5.41. The van der Waals surface area contributed by atoms with Gasteiger partial charge in [-0.05, 0) is 54.8 Å². The molecule has 1 fully saturated rings. The first kappa shape index (κ1) is 33.9. The van der Waals surface area contributed by atoms with E-state index in [1.54, 1.807) is 42.5 Å². The molecule has 0 bridgehead atoms. The lowest BCUT2D eigenvalue weighted by Crippen LogP contribution is -2.42. The molecule has 0 spiro atoms. The molecule has 0 heterocycles. The van der Waals surface area contributed by atoms with Gasteiger partial charge in [-0.2, -0.15) is 0 Å². The highest BCUT2D eigenvalue weighted by molar-refractivity contribution is 6.00. The Balaban J connectivity index is 1.46. The zero-order chi connectivity index (χ0) is 33.1. The smallest absolute Gasteiger partial charge is 0.337 e. The summed E-state index contributed by atoms with van der Waals surface area (Å²) in [5.74, 6) is -2.77. The molecule has 0 unspecified atom stereocenters. The number of benzene rings is 3. The van der Waals surface area contributed by atoms with E-state index in [0.29, 0.717) is 23.8 Å². The van der Waals surface area contributed by atoms with Crippen molar-refractivity contribution in [3.8, 4) is 5.75 Å². The molecule has 12 heteroatoms. The summed E-state index contributed by atoms with van der Waals surface area (Å²) in [6.45, 7) is -0.546. The van der Waals surface area contributed by atoms with Crippen molar-refractivity contribution in [3.63, 3.8) is 0 Å². The molecule has 4 amide bonds. The van der Waals surface area contributed by atoms with E-state index in [4.69, 9.17) is 9.47 Å². The molecule has 4 rings (SSSR count). The predicted octanol–water partition coefficient (Wildman–Crippen LogP) is 5.92. The third-order valence-electron chi connectivity index (χ3n) is 7.88. The largest absolute Gasteiger partial charge is 0.482 e. The first-order chi connectivity index (χ1) is 22.2. The van der Waals surface area contributed by atoms with Gasteiger partial charge >= 0.3 is 12.0 Å². The van der Waals surface area contributed by atoms with Crippen LogP contribution in [0.2, 0.25) is 0 Å². The van der Waals surface area contributed by atoms with Crippen LogP contribution < -0.4 is 25.2 Å². The molecular weight excluding hydrogens is 598 g/mol. The van der Waals surface area contributed by atoms with Gasteiger partial charge in [-0.25, -0.2) is 18.4 Å². The van der Waals surface area contributed by atoms with Gasteiger partial charge in [0.15, 0.2) is 6.61 Å². The van der Waals surface area contributed by atoms with Gasteiger partial charge in [0.2, 0.25) is 5.91 Å². The quantitative estimate of drug-likeness (QED) is 0.239. The molecule has 1 aliphatic carbocycles. The van der Waals surface area contributed by atoms with Crippen molar-refractivity contribution in [1.29, 1.82) is 0 Å². The number of anilines is 3. The van der Waals surface area contributed by atoms with Crippen molar-refractivity contribution in [2.45, 2.75) is 38.5 Å². The van der Waals surface area contributed by atoms with Crippen LogP contribution in [0.15, 0.2) is 66.7 Å². The number of carbonyl (C=O) groups is 4. The Morgan fingerprint density at radius 2 is 1.59 bits per heavy atom. The lowest BCUT2D eigenvalue weighted by atomic mass is 9.87. The highest BCUT2D eigenvalue weighted by atomic mass is 19.1. The molecular formula is C34H38F2N4O6. The normalized spacial score (nSPS) is 13.0. The van der Waals surface area contributed by atoms with Crippen LogP contribution in [0.4, 0.5) is 30.6 Å². The summed E-state index contributed by atoms with van der Waals surface area (Å²) in [6, 6.07) is 15.5. The summed E-state index contributed by atoms with van der Waals surface area (Å²) in [5.41, 5.74) is 0.495. The Morgan fingerprint density at radius 1 is 0.891 bits per heavy atom. The standard InChI is InChI=1S/C34H38F2N4O6/c1-39(32-26(35)14-9-15-27(32)36)31(42)22-46-29-17-7-6-16-28(29)40(19-18-23-10-4-3-5-11-23)30(41)21-37-34(44)38-25-13-8-12-24(20-25)33(43)45-2/h6-9,12-17,20,23H,3-5,10-11,18-19,21-22H2,1-2H3,(H2,37,38,44). The van der Waals surface area contributed by atoms with E-state index in [0.717, 1.165) is 49.1 Å². The SMILES string of the molecule is COC(=O)c1cccc(NC(=O)NCC(=O)N(CCC2CCCCC2)c2ccccc2OCC(=O)N(C)c2c(F)cccc2F)c1. The third kappa shape index (κ3) is 9.02. The Hall–Kier alpha value is -5.00. The number of para-hydroxylation sites is 3. The average Bonchev–Trinajstić information content (AvgIpc) is 3.06. The number of halogens is 2. The highest BCUT2D eigenvalue weighted by Gasteiger charge is 2.24. The van der Waals surface area contributed by atoms with Crippen LogP contribution in [0, 0.1) is 17.6 Å². The summed E-state index contributed by atoms with van der Waals surface area (Å²) >= 11 is 0. The molecule has 1 saturated carbocycles. The van der Waals surface area contributed by atoms with Gasteiger partial charge in [-0.15, -0.1) is 0 Å². The number of esters is 1. The number of hydrogen-bond donors (Lipinski definition) is 2. The van der Waals surface area contributed by atoms with E-state index >= 15 is 0 Å². The fourth-order valence-corrected chi connectivity index (χ4v) is 5.41. The van der Waals surface area contributed by atoms with Gasteiger partial charge in [-0.1, -0.05) is 56.4 Å². The topological polar surface area (TPSA) is 117 Å². The van der Waals surface area contributed by atoms with E-state index < -0.39 is 47.7 Å². The van der Waals surface area contributed by atoms with Crippen LogP contribution in [0.5, 0.6) is 5.75 Å². The van der Waals surface area contributed by atoms with Crippen LogP contribution in [0.25, 0.3) is 0 Å². The number of amides is 4. The molecule has 0 atom stereocenters. The van der Waals surface area contributed by atoms with E-state index in [1.807, 2.05) is 0 Å². The van der Waals surface area contributed by atoms with Gasteiger partial charge in [0.1, 0.15) is 23.1 Å². The van der Waals surface area contributed by atoms with Crippen molar-refractivity contribution in [2.75, 3.05) is 49.0 Å². The number of ether oxygens (including phenoxy) is 2. The van der Waals surface area contributed by atoms with E-state index in [2.05, 4.69) is 10.6 Å². The summed E-state index contributed by atoms with van der Waals surface area (Å²) in [5, 5.41) is 5.17. The monoisotopic (exact) mass is 636 g/mol. The molecule has 46 heavy (non-hydrogen) atoms. The van der Waals surface area contributed by atoms with Crippen LogP contribution in [0.3, 0.4) is 0 Å². The maximum absolute atomic E-state index is 14.3. The van der Waals surface area contributed by atoms with Crippen molar-refractivity contribution >= 4 is 40.9 Å². The van der Waals surface area contributed by atoms with Gasteiger partial charge < -0.3 is 29.9 Å². The van der Waals surface area contributed by atoms with Gasteiger partial charge in [-0.3, -0.25) is 9.59 Å². The maximum atomic E-state index is 14.3. The summed E-state index contributed by atoms with van der Waals surface area (Å²) in [6.07, 6.45) is 6.33. The summed E-state index contributed by atoms with van der Waals surface area (Å²) in [4.78, 5) is 53.4. The number of nitrogens with zero attached hydrogens (tertiary/aromatic N) is 2. The van der Waals surface area contributed by atoms with Gasteiger partial charge in [0.05, 0.1) is 24.9 Å². The van der Waals surface area contributed by atoms with Gasteiger partial charge in [0.25, 0.3) is 5.91 Å². The van der Waals surface area contributed by atoms with Crippen molar-refractivity contribution in [3.05, 3.63) is 83.9 Å². The summed E-state index contributed by atoms with van der Waals surface area (Å²) < 4.78 is 39.1. The first-order valence-corrected chi connectivity index (χ1v) is 15.1. The molecule has 0 aromatic heterocycles. The van der Waals surface area contributed by atoms with Crippen molar-refractivity contribution in [1.82, 2.24) is 5.32 Å². The molecule has 10 nitrogen and oxygen atoms in total. The first-order valence-electron chi connectivity index (χ1n) is 15.1. The second-order valence-electron chi connectivity index (χ2n) is 11.0. The number of urea groups is 1. The third-order valence-corrected chi connectivity index (χ3v) is 7.88. The van der Waals surface area contributed by atoms with E-state index in [-0.39, 0.29) is 17.9 Å². The number of likely N-dealkylation sites (N-methyl/N-ethyl adjacent to an activating group) is 1. The highest BCUT2D eigenvalue weighted by Crippen LogP contribution is 2.32. The molecule has 0 aliphatic heterocycles. The number of nitrogens with one attached hydrogen (secondary N) is 2. The minimum Gasteiger partial charge on any atom is -0.482 e. The maximum Gasteiger partial charge on any atom is 0.337 e. The second-order valence-corrected chi connectivity index (χ2v) is 11.0. The van der Waals surface area contributed by atoms with Gasteiger partial charge in [0, 0.05) is 19.3 Å². The van der Waals surface area contributed by atoms with Crippen LogP contribution in [0.1, 0.15) is 48.9 Å². The Bertz CT molecular complexity index is 1530. The Morgan fingerprint density at radius 3 is 2.30 bits per heavy atom. The lowest BCUT2D eigenvalue weighted by molar-refractivity contribution is -0.120. The number of methoxy groups -OCH3 is 1. The molecule has 0 radical (unpaired) electrons. The number of carbonyl (C=O) groups excluding carboxylic acids is 4. The Labute approximate surface area is 266 Å². The van der Waals surface area contributed by atoms with Crippen molar-refractivity contribution in [2.24, 2.45) is 5.92 Å². The van der Waals surface area contributed by atoms with Crippen LogP contribution in [-0.4, -0.2) is 57.7 Å². The second kappa shape index (κ2) is 16.4. The minimum atomic E-state index is -0.886. The van der Waals surface area contributed by atoms with Crippen molar-refractivity contribution < 1.29 is 37.4 Å². The lowest BCUT2D eigenvalue weighted by Gasteiger charge is -2.29. The molecule has 2 N–H and O–H groups in total. The predicted molar refractivity (Wildman–Crippen MR) is 170 cm³/mol. The minimum absolute atomic E-state index is 0.222. The zero-order valence-corrected chi connectivity index (χ0v) is 25.9. The number of hydrogen-bond acceptors (Lipinski definition) is 6. The average molecular weight is 637 g/mol. The molecule has 0 saturated heterocycles. The molecule has 3 aromatic carbocycles. The Kier molecular flexibility index (Phi) is 12.0. The number of rotatable bonds is 12. The van der Waals surface area contributed by atoms with Crippen LogP contribution >= 0.6 is 0 Å². The van der Waals surface area contributed by atoms with Crippen LogP contribution in [-0.2, 0) is 14.3 Å². The fraction of sp³-hybridized carbons (Fsp3) is 0.353. The molecule has 3 aromatic rings.